The van der Waals surface area contributed by atoms with Gasteiger partial charge in [0.25, 0.3) is 0 Å². The zero-order valence-electron chi connectivity index (χ0n) is 28.6. The van der Waals surface area contributed by atoms with Crippen molar-refractivity contribution < 1.29 is 4.74 Å². The first-order valence-electron chi connectivity index (χ1n) is 17.3. The number of nitrogens with zero attached hydrogens (tertiary/aromatic N) is 5. The third-order valence-corrected chi connectivity index (χ3v) is 9.78. The van der Waals surface area contributed by atoms with E-state index in [1.165, 1.54) is 16.8 Å². The van der Waals surface area contributed by atoms with Crippen molar-refractivity contribution in [1.29, 1.82) is 0 Å². The Morgan fingerprint density at radius 2 is 1.18 bits per heavy atom. The molecule has 0 N–H and O–H groups in total. The molecule has 0 unspecified atom stereocenters. The Bertz CT molecular complexity index is 2670. The van der Waals surface area contributed by atoms with Crippen molar-refractivity contribution in [2.24, 2.45) is 0 Å². The predicted molar refractivity (Wildman–Crippen MR) is 205 cm³/mol. The Labute approximate surface area is 290 Å². The largest absolute Gasteiger partial charge is 0.439 e. The fourth-order valence-electron chi connectivity index (χ4n) is 7.49. The summed E-state index contributed by atoms with van der Waals surface area (Å²) < 4.78 is 13.3. The van der Waals surface area contributed by atoms with E-state index in [0.29, 0.717) is 23.5 Å². The molecule has 9 aromatic rings. The van der Waals surface area contributed by atoms with Crippen LogP contribution in [0.1, 0.15) is 50.7 Å². The molecule has 0 saturated heterocycles. The second-order valence-electron chi connectivity index (χ2n) is 13.5. The number of ether oxygens (including phenoxy) is 1. The van der Waals surface area contributed by atoms with Crippen molar-refractivity contribution >= 4 is 43.7 Å². The second kappa shape index (κ2) is 11.8. The van der Waals surface area contributed by atoms with Crippen LogP contribution < -0.4 is 4.74 Å². The van der Waals surface area contributed by atoms with Gasteiger partial charge in [0.05, 0.1) is 22.2 Å². The van der Waals surface area contributed by atoms with Gasteiger partial charge < -0.3 is 4.74 Å². The van der Waals surface area contributed by atoms with Gasteiger partial charge in [-0.2, -0.15) is 4.98 Å². The zero-order valence-corrected chi connectivity index (χ0v) is 28.6. The molecule has 6 heteroatoms. The smallest absolute Gasteiger partial charge is 0.221 e. The summed E-state index contributed by atoms with van der Waals surface area (Å²) in [4.78, 5) is 10.1. The van der Waals surface area contributed by atoms with E-state index in [-0.39, 0.29) is 0 Å². The third kappa shape index (κ3) is 4.71. The number of hydrogen-bond acceptors (Lipinski definition) is 3. The summed E-state index contributed by atoms with van der Waals surface area (Å²) in [5, 5.41) is 4.54. The molecule has 0 aliphatic carbocycles. The molecule has 0 amide bonds. The summed E-state index contributed by atoms with van der Waals surface area (Å²) >= 11 is 0. The van der Waals surface area contributed by atoms with E-state index in [1.54, 1.807) is 0 Å². The van der Waals surface area contributed by atoms with E-state index in [2.05, 4.69) is 157 Å². The number of rotatable bonds is 7. The lowest BCUT2D eigenvalue weighted by Crippen LogP contribution is -2.11. The van der Waals surface area contributed by atoms with Crippen molar-refractivity contribution in [3.8, 4) is 29.0 Å². The van der Waals surface area contributed by atoms with Crippen molar-refractivity contribution in [2.75, 3.05) is 0 Å². The molecule has 0 aliphatic rings. The van der Waals surface area contributed by atoms with Gasteiger partial charge in [-0.3, -0.25) is 13.7 Å². The number of benzene rings is 5. The highest BCUT2D eigenvalue weighted by atomic mass is 16.5. The summed E-state index contributed by atoms with van der Waals surface area (Å²) in [6.07, 6.45) is 4.00. The van der Waals surface area contributed by atoms with Crippen LogP contribution in [0, 0.1) is 0 Å². The molecule has 4 aromatic heterocycles. The zero-order chi connectivity index (χ0) is 33.9. The molecule has 0 saturated carbocycles. The molecule has 0 aliphatic heterocycles. The van der Waals surface area contributed by atoms with Crippen LogP contribution in [0.25, 0.3) is 61.1 Å². The Morgan fingerprint density at radius 3 is 1.90 bits per heavy atom. The molecule has 0 radical (unpaired) electrons. The molecule has 0 spiro atoms. The Hall–Kier alpha value is -6.14. The van der Waals surface area contributed by atoms with E-state index >= 15 is 0 Å². The van der Waals surface area contributed by atoms with Crippen LogP contribution in [0.3, 0.4) is 0 Å². The van der Waals surface area contributed by atoms with E-state index in [9.17, 15) is 0 Å². The quantitative estimate of drug-likeness (QED) is 0.172. The Balaban J connectivity index is 1.21. The molecule has 6 nitrogen and oxygen atoms in total. The lowest BCUT2D eigenvalue weighted by Gasteiger charge is -2.22. The van der Waals surface area contributed by atoms with Gasteiger partial charge in [-0.25, -0.2) is 4.98 Å². The van der Waals surface area contributed by atoms with Crippen molar-refractivity contribution in [3.63, 3.8) is 0 Å². The Kier molecular flexibility index (Phi) is 7.06. The van der Waals surface area contributed by atoms with Crippen LogP contribution in [-0.4, -0.2) is 23.7 Å². The minimum absolute atomic E-state index is 0.350. The van der Waals surface area contributed by atoms with Crippen molar-refractivity contribution in [2.45, 2.75) is 39.5 Å². The van der Waals surface area contributed by atoms with E-state index in [1.807, 2.05) is 24.4 Å². The molecule has 244 valence electrons. The summed E-state index contributed by atoms with van der Waals surface area (Å²) in [5.74, 6) is 2.79. The van der Waals surface area contributed by atoms with Gasteiger partial charge in [-0.1, -0.05) is 100 Å². The van der Waals surface area contributed by atoms with Crippen molar-refractivity contribution in [1.82, 2.24) is 23.7 Å². The van der Waals surface area contributed by atoms with Gasteiger partial charge in [0.15, 0.2) is 0 Å². The lowest BCUT2D eigenvalue weighted by atomic mass is 9.92. The van der Waals surface area contributed by atoms with Crippen LogP contribution in [0.4, 0.5) is 0 Å². The number of para-hydroxylation sites is 4. The van der Waals surface area contributed by atoms with Crippen LogP contribution in [-0.2, 0) is 0 Å². The van der Waals surface area contributed by atoms with E-state index < -0.39 is 0 Å². The van der Waals surface area contributed by atoms with Crippen molar-refractivity contribution in [3.05, 3.63) is 151 Å². The number of imidazole rings is 1. The highest BCUT2D eigenvalue weighted by molar-refractivity contribution is 6.10. The molecular formula is C44H37N5O. The minimum Gasteiger partial charge on any atom is -0.439 e. The van der Waals surface area contributed by atoms with Crippen LogP contribution in [0.5, 0.6) is 11.6 Å². The molecule has 50 heavy (non-hydrogen) atoms. The highest BCUT2D eigenvalue weighted by Gasteiger charge is 2.22. The third-order valence-electron chi connectivity index (χ3n) is 9.78. The average molecular weight is 652 g/mol. The monoisotopic (exact) mass is 651 g/mol. The van der Waals surface area contributed by atoms with E-state index in [4.69, 9.17) is 14.7 Å². The van der Waals surface area contributed by atoms with Gasteiger partial charge in [0.2, 0.25) is 11.8 Å². The first kappa shape index (κ1) is 30.0. The second-order valence-corrected chi connectivity index (χ2v) is 13.5. The normalized spacial score (nSPS) is 12.0. The van der Waals surface area contributed by atoms with Crippen LogP contribution in [0.2, 0.25) is 0 Å². The predicted octanol–water partition coefficient (Wildman–Crippen LogP) is 11.5. The van der Waals surface area contributed by atoms with Gasteiger partial charge >= 0.3 is 0 Å². The van der Waals surface area contributed by atoms with Crippen LogP contribution in [0.15, 0.2) is 140 Å². The Morgan fingerprint density at radius 1 is 0.560 bits per heavy atom. The number of aromatic nitrogens is 5. The molecular weight excluding hydrogens is 615 g/mol. The molecule has 0 fully saturated rings. The summed E-state index contributed by atoms with van der Waals surface area (Å²) in [5.41, 5.74) is 8.94. The summed E-state index contributed by atoms with van der Waals surface area (Å²) in [6, 6.07) is 44.4. The van der Waals surface area contributed by atoms with Crippen LogP contribution >= 0.6 is 0 Å². The highest BCUT2D eigenvalue weighted by Crippen LogP contribution is 2.38. The van der Waals surface area contributed by atoms with Gasteiger partial charge in [-0.05, 0) is 65.4 Å². The van der Waals surface area contributed by atoms with E-state index in [0.717, 1.165) is 55.4 Å². The SMILES string of the molecule is CC(C)c1cccc(C(C)C)c1-n1ccnc1-n1c2ccccc2c2ccc(Oc3ccc4c5ccccc5n(-c5ccccc5)c4n3)cc21. The number of pyridine rings is 1. The standard InChI is InChI=1S/C44H37N5O/c1-28(2)32-17-12-18-33(29(3)4)42(32)47-26-25-45-44(47)49-39-20-11-8-15-34(39)36-22-21-31(27-40(36)49)50-41-24-23-37-35-16-9-10-19-38(35)48(43(37)46-41)30-13-6-5-7-14-30/h5-29H,1-4H3. The maximum atomic E-state index is 6.60. The molecule has 4 heterocycles. The fraction of sp³-hybridized carbons (Fsp3) is 0.136. The lowest BCUT2D eigenvalue weighted by molar-refractivity contribution is 0.465. The number of fused-ring (bicyclic) bond motifs is 6. The summed E-state index contributed by atoms with van der Waals surface area (Å²) in [7, 11) is 0. The minimum atomic E-state index is 0.350. The average Bonchev–Trinajstić information content (AvgIpc) is 3.83. The van der Waals surface area contributed by atoms with Gasteiger partial charge in [0.1, 0.15) is 11.4 Å². The fourth-order valence-corrected chi connectivity index (χ4v) is 7.49. The molecule has 9 rings (SSSR count). The topological polar surface area (TPSA) is 49.8 Å². The molecule has 0 atom stereocenters. The molecule has 5 aromatic carbocycles. The first-order valence-corrected chi connectivity index (χ1v) is 17.3. The molecule has 0 bridgehead atoms. The maximum absolute atomic E-state index is 6.60. The van der Waals surface area contributed by atoms with Gasteiger partial charge in [0, 0.05) is 51.8 Å². The first-order chi connectivity index (χ1) is 24.5. The van der Waals surface area contributed by atoms with Gasteiger partial charge in [-0.15, -0.1) is 0 Å². The maximum Gasteiger partial charge on any atom is 0.221 e. The number of hydrogen-bond donors (Lipinski definition) is 0. The summed E-state index contributed by atoms with van der Waals surface area (Å²) in [6.45, 7) is 9.03.